The second-order valence-corrected chi connectivity index (χ2v) is 8.71. The van der Waals surface area contributed by atoms with Gasteiger partial charge in [-0.15, -0.1) is 0 Å². The molecule has 160 valence electrons. The van der Waals surface area contributed by atoms with Gasteiger partial charge in [-0.05, 0) is 62.8 Å². The van der Waals surface area contributed by atoms with Crippen molar-refractivity contribution in [2.24, 2.45) is 11.8 Å². The average molecular weight is 418 g/mol. The highest BCUT2D eigenvalue weighted by Gasteiger charge is 2.44. The van der Waals surface area contributed by atoms with Gasteiger partial charge in [0.1, 0.15) is 17.5 Å². The van der Waals surface area contributed by atoms with Gasteiger partial charge in [0.05, 0.1) is 29.0 Å². The predicted molar refractivity (Wildman–Crippen MR) is 116 cm³/mol. The Bertz CT molecular complexity index is 1130. The molecule has 1 aliphatic carbocycles. The first kappa shape index (κ1) is 19.9. The Labute approximate surface area is 181 Å². The molecule has 2 aromatic heterocycles. The van der Waals surface area contributed by atoms with E-state index in [1.807, 2.05) is 55.1 Å². The fourth-order valence-corrected chi connectivity index (χ4v) is 4.87. The standard InChI is InChI=1S/C24H26N4O3/c1-14-7-8-22(15(2)26-14)31-23-10-17-13-28(12-16(17)9-21(23)29)24(30)20-11-25-18-5-3-4-6-19(18)27-20/h3-8,11,16-17,21,23,29H,9-10,12-13H2,1-2H3/t16-,17+,21+,23+/m0/s1. The lowest BCUT2D eigenvalue weighted by atomic mass is 9.78. The molecule has 7 nitrogen and oxygen atoms in total. The smallest absolute Gasteiger partial charge is 0.274 e. The van der Waals surface area contributed by atoms with E-state index in [1.165, 1.54) is 0 Å². The number of ether oxygens (including phenoxy) is 1. The molecule has 31 heavy (non-hydrogen) atoms. The van der Waals surface area contributed by atoms with E-state index in [0.29, 0.717) is 43.3 Å². The first-order valence-corrected chi connectivity index (χ1v) is 10.8. The van der Waals surface area contributed by atoms with Crippen LogP contribution in [0.2, 0.25) is 0 Å². The molecule has 3 heterocycles. The van der Waals surface area contributed by atoms with Gasteiger partial charge < -0.3 is 14.7 Å². The molecule has 2 aliphatic rings. The molecule has 1 N–H and O–H groups in total. The van der Waals surface area contributed by atoms with Crippen LogP contribution < -0.4 is 4.74 Å². The minimum Gasteiger partial charge on any atom is -0.486 e. The second-order valence-electron chi connectivity index (χ2n) is 8.71. The van der Waals surface area contributed by atoms with E-state index in [0.717, 1.165) is 22.4 Å². The molecule has 7 heteroatoms. The third-order valence-corrected chi connectivity index (χ3v) is 6.49. The number of amides is 1. The Balaban J connectivity index is 1.29. The minimum atomic E-state index is -0.558. The molecular formula is C24H26N4O3. The van der Waals surface area contributed by atoms with Crippen molar-refractivity contribution in [3.8, 4) is 5.75 Å². The maximum Gasteiger partial charge on any atom is 0.274 e. The van der Waals surface area contributed by atoms with Gasteiger partial charge in [-0.3, -0.25) is 14.8 Å². The number of carbonyl (C=O) groups excluding carboxylic acids is 1. The van der Waals surface area contributed by atoms with E-state index in [-0.39, 0.29) is 17.9 Å². The van der Waals surface area contributed by atoms with Gasteiger partial charge >= 0.3 is 0 Å². The van der Waals surface area contributed by atoms with Crippen LogP contribution in [0.1, 0.15) is 34.7 Å². The number of rotatable bonds is 3. The Morgan fingerprint density at radius 3 is 2.55 bits per heavy atom. The number of nitrogens with zero attached hydrogens (tertiary/aromatic N) is 4. The zero-order valence-electron chi connectivity index (χ0n) is 17.7. The van der Waals surface area contributed by atoms with Crippen LogP contribution in [0.25, 0.3) is 11.0 Å². The van der Waals surface area contributed by atoms with Gasteiger partial charge in [0.15, 0.2) is 0 Å². The molecule has 0 unspecified atom stereocenters. The molecule has 1 saturated heterocycles. The lowest BCUT2D eigenvalue weighted by molar-refractivity contribution is -0.0236. The summed E-state index contributed by atoms with van der Waals surface area (Å²) < 4.78 is 6.15. The first-order valence-electron chi connectivity index (χ1n) is 10.8. The van der Waals surface area contributed by atoms with Crippen molar-refractivity contribution in [2.75, 3.05) is 13.1 Å². The van der Waals surface area contributed by atoms with Crippen molar-refractivity contribution in [3.05, 3.63) is 59.7 Å². The summed E-state index contributed by atoms with van der Waals surface area (Å²) in [6, 6.07) is 11.4. The lowest BCUT2D eigenvalue weighted by Gasteiger charge is -2.35. The number of carbonyl (C=O) groups is 1. The van der Waals surface area contributed by atoms with Gasteiger partial charge in [-0.2, -0.15) is 0 Å². The topological polar surface area (TPSA) is 88.4 Å². The number of hydrogen-bond donors (Lipinski definition) is 1. The molecule has 0 spiro atoms. The summed E-state index contributed by atoms with van der Waals surface area (Å²) in [5, 5.41) is 10.7. The van der Waals surface area contributed by atoms with Crippen molar-refractivity contribution in [2.45, 2.75) is 38.9 Å². The number of aliphatic hydroxyl groups excluding tert-OH is 1. The van der Waals surface area contributed by atoms with Crippen LogP contribution in [0.15, 0.2) is 42.6 Å². The van der Waals surface area contributed by atoms with Crippen molar-refractivity contribution in [3.63, 3.8) is 0 Å². The maximum absolute atomic E-state index is 13.1. The maximum atomic E-state index is 13.1. The van der Waals surface area contributed by atoms with Gasteiger partial charge in [0.2, 0.25) is 0 Å². The first-order chi connectivity index (χ1) is 15.0. The highest BCUT2D eigenvalue weighted by Crippen LogP contribution is 2.38. The van der Waals surface area contributed by atoms with Crippen LogP contribution >= 0.6 is 0 Å². The molecular weight excluding hydrogens is 392 g/mol. The summed E-state index contributed by atoms with van der Waals surface area (Å²) in [6.45, 7) is 5.14. The Morgan fingerprint density at radius 2 is 1.77 bits per heavy atom. The lowest BCUT2D eigenvalue weighted by Crippen LogP contribution is -2.42. The van der Waals surface area contributed by atoms with E-state index >= 15 is 0 Å². The van der Waals surface area contributed by atoms with E-state index in [4.69, 9.17) is 4.74 Å². The van der Waals surface area contributed by atoms with E-state index in [2.05, 4.69) is 15.0 Å². The van der Waals surface area contributed by atoms with Crippen molar-refractivity contribution in [1.29, 1.82) is 0 Å². The summed E-state index contributed by atoms with van der Waals surface area (Å²) in [5.41, 5.74) is 3.63. The highest BCUT2D eigenvalue weighted by molar-refractivity contribution is 5.94. The fraction of sp³-hybridized carbons (Fsp3) is 0.417. The molecule has 3 aromatic rings. The Hall–Kier alpha value is -3.06. The molecule has 1 saturated carbocycles. The van der Waals surface area contributed by atoms with Gasteiger partial charge in [0.25, 0.3) is 5.91 Å². The summed E-state index contributed by atoms with van der Waals surface area (Å²) in [6.07, 6.45) is 2.05. The fourth-order valence-electron chi connectivity index (χ4n) is 4.87. The molecule has 1 aliphatic heterocycles. The van der Waals surface area contributed by atoms with Crippen LogP contribution in [0, 0.1) is 25.7 Å². The van der Waals surface area contributed by atoms with Crippen molar-refractivity contribution < 1.29 is 14.6 Å². The predicted octanol–water partition coefficient (Wildman–Crippen LogP) is 2.93. The van der Waals surface area contributed by atoms with E-state index < -0.39 is 6.10 Å². The average Bonchev–Trinajstić information content (AvgIpc) is 3.17. The minimum absolute atomic E-state index is 0.0989. The number of aliphatic hydroxyl groups is 1. The molecule has 5 rings (SSSR count). The van der Waals surface area contributed by atoms with Crippen LogP contribution in [0.5, 0.6) is 5.75 Å². The molecule has 0 bridgehead atoms. The molecule has 0 radical (unpaired) electrons. The zero-order valence-corrected chi connectivity index (χ0v) is 17.7. The van der Waals surface area contributed by atoms with Crippen LogP contribution in [0.4, 0.5) is 0 Å². The second kappa shape index (κ2) is 7.89. The summed E-state index contributed by atoms with van der Waals surface area (Å²) in [4.78, 5) is 28.3. The quantitative estimate of drug-likeness (QED) is 0.704. The number of hydrogen-bond acceptors (Lipinski definition) is 6. The van der Waals surface area contributed by atoms with Crippen LogP contribution in [-0.2, 0) is 0 Å². The Morgan fingerprint density at radius 1 is 1.03 bits per heavy atom. The number of aryl methyl sites for hydroxylation is 2. The Kier molecular flexibility index (Phi) is 5.06. The normalized spacial score (nSPS) is 25.5. The van der Waals surface area contributed by atoms with Crippen LogP contribution in [-0.4, -0.2) is 56.2 Å². The van der Waals surface area contributed by atoms with Crippen molar-refractivity contribution in [1.82, 2.24) is 19.9 Å². The third kappa shape index (κ3) is 3.85. The number of benzene rings is 1. The molecule has 1 amide bonds. The highest BCUT2D eigenvalue weighted by atomic mass is 16.5. The monoisotopic (exact) mass is 418 g/mol. The molecule has 2 fully saturated rings. The number of pyridine rings is 1. The van der Waals surface area contributed by atoms with Crippen molar-refractivity contribution >= 4 is 16.9 Å². The largest absolute Gasteiger partial charge is 0.486 e. The molecule has 4 atom stereocenters. The molecule has 1 aromatic carbocycles. The van der Waals surface area contributed by atoms with Gasteiger partial charge in [-0.25, -0.2) is 4.98 Å². The number of fused-ring (bicyclic) bond motifs is 2. The SMILES string of the molecule is Cc1ccc(O[C@@H]2C[C@@H]3CN(C(=O)c4cnc5ccccc5n4)C[C@@H]3C[C@H]2O)c(C)n1. The van der Waals surface area contributed by atoms with Crippen LogP contribution in [0.3, 0.4) is 0 Å². The van der Waals surface area contributed by atoms with Gasteiger partial charge in [-0.1, -0.05) is 12.1 Å². The number of para-hydroxylation sites is 2. The summed E-state index contributed by atoms with van der Waals surface area (Å²) >= 11 is 0. The van der Waals surface area contributed by atoms with Gasteiger partial charge in [0, 0.05) is 18.8 Å². The zero-order chi connectivity index (χ0) is 21.5. The third-order valence-electron chi connectivity index (χ3n) is 6.49. The number of likely N-dealkylation sites (tertiary alicyclic amines) is 1. The summed E-state index contributed by atoms with van der Waals surface area (Å²) in [7, 11) is 0. The number of aromatic nitrogens is 3. The summed E-state index contributed by atoms with van der Waals surface area (Å²) in [5.74, 6) is 1.18. The van der Waals surface area contributed by atoms with E-state index in [9.17, 15) is 9.90 Å². The van der Waals surface area contributed by atoms with E-state index in [1.54, 1.807) is 6.20 Å².